The molecule has 0 aliphatic carbocycles. The second-order valence-corrected chi connectivity index (χ2v) is 6.19. The summed E-state index contributed by atoms with van der Waals surface area (Å²) in [5, 5.41) is 12.4. The molecular weight excluding hydrogens is 268 g/mol. The molecule has 1 unspecified atom stereocenters. The number of carboxylic acids is 1. The number of hydrogen-bond acceptors (Lipinski definition) is 5. The summed E-state index contributed by atoms with van der Waals surface area (Å²) in [7, 11) is 0. The van der Waals surface area contributed by atoms with E-state index in [4.69, 9.17) is 0 Å². The van der Waals surface area contributed by atoms with E-state index in [9.17, 15) is 9.90 Å². The standard InChI is InChI=1S/C12H12N2O2S2/c15-12(16)9-7-17-6-4-14(9)11-8-2-5-18-10(8)1-3-13-11/h1-3,5,9H,4,6-7H2,(H,15,16). The summed E-state index contributed by atoms with van der Waals surface area (Å²) in [6.07, 6.45) is 1.76. The van der Waals surface area contributed by atoms with Crippen LogP contribution < -0.4 is 4.90 Å². The molecule has 1 atom stereocenters. The third kappa shape index (κ3) is 1.95. The molecule has 1 N–H and O–H groups in total. The lowest BCUT2D eigenvalue weighted by atomic mass is 10.2. The van der Waals surface area contributed by atoms with Crippen LogP contribution in [-0.2, 0) is 4.79 Å². The quantitative estimate of drug-likeness (QED) is 0.915. The van der Waals surface area contributed by atoms with Crippen LogP contribution in [-0.4, -0.2) is 40.2 Å². The van der Waals surface area contributed by atoms with Crippen LogP contribution in [0.3, 0.4) is 0 Å². The Labute approximate surface area is 113 Å². The average Bonchev–Trinajstić information content (AvgIpc) is 2.86. The highest BCUT2D eigenvalue weighted by molar-refractivity contribution is 7.99. The number of anilines is 1. The number of aromatic nitrogens is 1. The maximum absolute atomic E-state index is 11.3. The van der Waals surface area contributed by atoms with Gasteiger partial charge in [0.2, 0.25) is 0 Å². The summed E-state index contributed by atoms with van der Waals surface area (Å²) in [5.41, 5.74) is 0. The molecule has 1 fully saturated rings. The maximum Gasteiger partial charge on any atom is 0.327 e. The fraction of sp³-hybridized carbons (Fsp3) is 0.333. The summed E-state index contributed by atoms with van der Waals surface area (Å²) in [4.78, 5) is 17.7. The number of fused-ring (bicyclic) bond motifs is 1. The van der Waals surface area contributed by atoms with Gasteiger partial charge in [-0.2, -0.15) is 11.8 Å². The summed E-state index contributed by atoms with van der Waals surface area (Å²) in [6, 6.07) is 3.52. The zero-order valence-corrected chi connectivity index (χ0v) is 11.2. The Kier molecular flexibility index (Phi) is 3.13. The smallest absolute Gasteiger partial charge is 0.327 e. The second-order valence-electron chi connectivity index (χ2n) is 4.09. The summed E-state index contributed by atoms with van der Waals surface area (Å²) < 4.78 is 1.15. The molecular formula is C12H12N2O2S2. The van der Waals surface area contributed by atoms with Gasteiger partial charge in [-0.15, -0.1) is 11.3 Å². The zero-order chi connectivity index (χ0) is 12.5. The normalized spacial score (nSPS) is 20.2. The topological polar surface area (TPSA) is 53.4 Å². The molecule has 0 radical (unpaired) electrons. The van der Waals surface area contributed by atoms with Crippen LogP contribution in [0.15, 0.2) is 23.7 Å². The lowest BCUT2D eigenvalue weighted by Gasteiger charge is -2.33. The molecule has 1 saturated heterocycles. The van der Waals surface area contributed by atoms with E-state index < -0.39 is 12.0 Å². The lowest BCUT2D eigenvalue weighted by Crippen LogP contribution is -2.47. The van der Waals surface area contributed by atoms with E-state index in [1.54, 1.807) is 29.3 Å². The summed E-state index contributed by atoms with van der Waals surface area (Å²) in [6.45, 7) is 0.740. The Bertz CT molecular complexity index is 584. The number of pyridine rings is 1. The Morgan fingerprint density at radius 3 is 3.22 bits per heavy atom. The minimum absolute atomic E-state index is 0.471. The van der Waals surface area contributed by atoms with Crippen molar-refractivity contribution in [2.45, 2.75) is 6.04 Å². The first-order valence-corrected chi connectivity index (χ1v) is 7.70. The largest absolute Gasteiger partial charge is 0.480 e. The van der Waals surface area contributed by atoms with E-state index in [2.05, 4.69) is 4.98 Å². The van der Waals surface area contributed by atoms with Crippen molar-refractivity contribution >= 4 is 45.0 Å². The number of nitrogens with zero attached hydrogens (tertiary/aromatic N) is 2. The highest BCUT2D eigenvalue weighted by atomic mass is 32.2. The van der Waals surface area contributed by atoms with Gasteiger partial charge in [-0.25, -0.2) is 9.78 Å². The number of hydrogen-bond donors (Lipinski definition) is 1. The van der Waals surface area contributed by atoms with Crippen LogP contribution in [0.2, 0.25) is 0 Å². The predicted octanol–water partition coefficient (Wildman–Crippen LogP) is 2.30. The number of carbonyl (C=O) groups is 1. The van der Waals surface area contributed by atoms with Gasteiger partial charge in [-0.1, -0.05) is 0 Å². The number of carboxylic acid groups (broad SMARTS) is 1. The molecule has 1 aliphatic rings. The highest BCUT2D eigenvalue weighted by Crippen LogP contribution is 2.31. The maximum atomic E-state index is 11.3. The van der Waals surface area contributed by atoms with Crippen molar-refractivity contribution in [3.63, 3.8) is 0 Å². The number of aliphatic carboxylic acids is 1. The van der Waals surface area contributed by atoms with Crippen LogP contribution >= 0.6 is 23.1 Å². The van der Waals surface area contributed by atoms with E-state index >= 15 is 0 Å². The van der Waals surface area contributed by atoms with Gasteiger partial charge >= 0.3 is 5.97 Å². The second kappa shape index (κ2) is 4.78. The van der Waals surface area contributed by atoms with Crippen molar-refractivity contribution < 1.29 is 9.90 Å². The highest BCUT2D eigenvalue weighted by Gasteiger charge is 2.30. The van der Waals surface area contributed by atoms with E-state index in [0.29, 0.717) is 5.75 Å². The van der Waals surface area contributed by atoms with Crippen molar-refractivity contribution in [1.82, 2.24) is 4.98 Å². The molecule has 4 nitrogen and oxygen atoms in total. The Hall–Kier alpha value is -1.27. The number of thiophene rings is 1. The van der Waals surface area contributed by atoms with Crippen LogP contribution in [0.1, 0.15) is 0 Å². The Morgan fingerprint density at radius 2 is 2.39 bits per heavy atom. The van der Waals surface area contributed by atoms with Crippen LogP contribution in [0.5, 0.6) is 0 Å². The fourth-order valence-corrected chi connectivity index (χ4v) is 3.99. The third-order valence-electron chi connectivity index (χ3n) is 3.04. The first-order valence-electron chi connectivity index (χ1n) is 5.67. The van der Waals surface area contributed by atoms with Gasteiger partial charge < -0.3 is 10.0 Å². The SMILES string of the molecule is O=C(O)C1CSCCN1c1nccc2sccc12. The lowest BCUT2D eigenvalue weighted by molar-refractivity contribution is -0.138. The van der Waals surface area contributed by atoms with Crippen molar-refractivity contribution in [3.05, 3.63) is 23.7 Å². The zero-order valence-electron chi connectivity index (χ0n) is 9.57. The molecule has 18 heavy (non-hydrogen) atoms. The Balaban J connectivity index is 2.06. The van der Waals surface area contributed by atoms with Crippen LogP contribution in [0.25, 0.3) is 10.1 Å². The van der Waals surface area contributed by atoms with Gasteiger partial charge in [0.25, 0.3) is 0 Å². The molecule has 1 aliphatic heterocycles. The van der Waals surface area contributed by atoms with Crippen LogP contribution in [0, 0.1) is 0 Å². The minimum Gasteiger partial charge on any atom is -0.480 e. The van der Waals surface area contributed by atoms with Gasteiger partial charge in [0.05, 0.1) is 0 Å². The van der Waals surface area contributed by atoms with Gasteiger partial charge in [0.15, 0.2) is 0 Å². The molecule has 0 saturated carbocycles. The molecule has 0 aromatic carbocycles. The molecule has 6 heteroatoms. The molecule has 0 bridgehead atoms. The van der Waals surface area contributed by atoms with Gasteiger partial charge in [-0.05, 0) is 17.5 Å². The fourth-order valence-electron chi connectivity index (χ4n) is 2.17. The predicted molar refractivity (Wildman–Crippen MR) is 75.7 cm³/mol. The average molecular weight is 280 g/mol. The van der Waals surface area contributed by atoms with Crippen molar-refractivity contribution in [3.8, 4) is 0 Å². The van der Waals surface area contributed by atoms with Crippen molar-refractivity contribution in [2.24, 2.45) is 0 Å². The first kappa shape index (κ1) is 11.8. The van der Waals surface area contributed by atoms with E-state index in [1.165, 1.54) is 0 Å². The summed E-state index contributed by atoms with van der Waals surface area (Å²) >= 11 is 3.35. The molecule has 3 rings (SSSR count). The summed E-state index contributed by atoms with van der Waals surface area (Å²) in [5.74, 6) is 1.61. The Morgan fingerprint density at radius 1 is 1.50 bits per heavy atom. The number of thioether (sulfide) groups is 1. The van der Waals surface area contributed by atoms with Gasteiger partial charge in [0.1, 0.15) is 11.9 Å². The van der Waals surface area contributed by atoms with E-state index in [1.807, 2.05) is 22.4 Å². The van der Waals surface area contributed by atoms with Crippen molar-refractivity contribution in [1.29, 1.82) is 0 Å². The minimum atomic E-state index is -0.767. The third-order valence-corrected chi connectivity index (χ3v) is 4.95. The molecule has 2 aromatic rings. The molecule has 0 spiro atoms. The molecule has 0 amide bonds. The number of rotatable bonds is 2. The van der Waals surface area contributed by atoms with E-state index in [0.717, 1.165) is 28.2 Å². The first-order chi connectivity index (χ1) is 8.77. The monoisotopic (exact) mass is 280 g/mol. The van der Waals surface area contributed by atoms with Gasteiger partial charge in [-0.3, -0.25) is 0 Å². The van der Waals surface area contributed by atoms with E-state index in [-0.39, 0.29) is 0 Å². The molecule has 2 aromatic heterocycles. The van der Waals surface area contributed by atoms with Gasteiger partial charge in [0, 0.05) is 34.3 Å². The molecule has 94 valence electrons. The molecule has 3 heterocycles. The van der Waals surface area contributed by atoms with Crippen LogP contribution in [0.4, 0.5) is 5.82 Å². The van der Waals surface area contributed by atoms with Crippen molar-refractivity contribution in [2.75, 3.05) is 23.0 Å².